The van der Waals surface area contributed by atoms with E-state index in [0.717, 1.165) is 48.2 Å². The summed E-state index contributed by atoms with van der Waals surface area (Å²) in [6.45, 7) is 0.910. The van der Waals surface area contributed by atoms with Crippen molar-refractivity contribution in [2.45, 2.75) is 31.9 Å². The van der Waals surface area contributed by atoms with Crippen LogP contribution in [0.2, 0.25) is 0 Å². The number of hydrogen-bond acceptors (Lipinski definition) is 3. The van der Waals surface area contributed by atoms with Gasteiger partial charge in [-0.1, -0.05) is 55.0 Å². The normalized spacial score (nSPS) is 21.1. The van der Waals surface area contributed by atoms with E-state index in [1.165, 1.54) is 6.42 Å². The monoisotopic (exact) mass is 319 g/mol. The van der Waals surface area contributed by atoms with E-state index in [1.807, 2.05) is 48.5 Å². The maximum Gasteiger partial charge on any atom is 0.341 e. The van der Waals surface area contributed by atoms with E-state index in [9.17, 15) is 4.79 Å². The fourth-order valence-corrected chi connectivity index (χ4v) is 3.67. The van der Waals surface area contributed by atoms with Gasteiger partial charge in [-0.15, -0.1) is 0 Å². The summed E-state index contributed by atoms with van der Waals surface area (Å²) in [5.41, 5.74) is 3.98. The van der Waals surface area contributed by atoms with Crippen molar-refractivity contribution in [2.24, 2.45) is 0 Å². The molecule has 2 aliphatic rings. The van der Waals surface area contributed by atoms with Crippen LogP contribution in [0.4, 0.5) is 5.69 Å². The fourth-order valence-electron chi connectivity index (χ4n) is 3.67. The molecule has 0 amide bonds. The van der Waals surface area contributed by atoms with Crippen LogP contribution in [0, 0.1) is 0 Å². The van der Waals surface area contributed by atoms with Gasteiger partial charge in [-0.3, -0.25) is 0 Å². The quantitative estimate of drug-likeness (QED) is 0.768. The average molecular weight is 319 g/mol. The molecule has 4 rings (SSSR count). The second kappa shape index (κ2) is 6.52. The van der Waals surface area contributed by atoms with E-state index in [-0.39, 0.29) is 12.2 Å². The van der Waals surface area contributed by atoms with Crippen LogP contribution < -0.4 is 4.90 Å². The van der Waals surface area contributed by atoms with E-state index in [1.54, 1.807) is 0 Å². The van der Waals surface area contributed by atoms with Crippen molar-refractivity contribution < 1.29 is 9.53 Å². The highest BCUT2D eigenvalue weighted by atomic mass is 16.6. The average Bonchev–Trinajstić information content (AvgIpc) is 2.92. The van der Waals surface area contributed by atoms with E-state index < -0.39 is 0 Å². The molecule has 2 aliphatic heterocycles. The Morgan fingerprint density at radius 2 is 1.58 bits per heavy atom. The largest absolute Gasteiger partial charge is 0.434 e. The smallest absolute Gasteiger partial charge is 0.341 e. The van der Waals surface area contributed by atoms with Crippen LogP contribution in [-0.4, -0.2) is 18.7 Å². The molecule has 1 fully saturated rings. The molecule has 0 aliphatic carbocycles. The number of benzene rings is 2. The predicted molar refractivity (Wildman–Crippen MR) is 95.5 cm³/mol. The fraction of sp³-hybridized carbons (Fsp3) is 0.286. The molecule has 0 N–H and O–H groups in total. The first-order valence-corrected chi connectivity index (χ1v) is 8.66. The SMILES string of the molecule is O=C1O[C@@H]2C(=C1c1ccccc1)CCCCCN2c1ccccc1. The number of nitrogens with zero attached hydrogens (tertiary/aromatic N) is 1. The van der Waals surface area contributed by atoms with Crippen LogP contribution in [-0.2, 0) is 9.53 Å². The summed E-state index contributed by atoms with van der Waals surface area (Å²) in [5, 5.41) is 0. The van der Waals surface area contributed by atoms with Gasteiger partial charge in [0.1, 0.15) is 0 Å². The summed E-state index contributed by atoms with van der Waals surface area (Å²) in [4.78, 5) is 14.9. The Kier molecular flexibility index (Phi) is 4.08. The van der Waals surface area contributed by atoms with Crippen molar-refractivity contribution in [1.29, 1.82) is 0 Å². The number of para-hydroxylation sites is 1. The minimum absolute atomic E-state index is 0.191. The van der Waals surface area contributed by atoms with Crippen molar-refractivity contribution >= 4 is 17.2 Å². The summed E-state index contributed by atoms with van der Waals surface area (Å²) in [6, 6.07) is 20.2. The second-order valence-corrected chi connectivity index (χ2v) is 6.36. The molecule has 2 aromatic carbocycles. The number of ether oxygens (including phenoxy) is 1. The molecule has 3 nitrogen and oxygen atoms in total. The lowest BCUT2D eigenvalue weighted by Crippen LogP contribution is -2.39. The topological polar surface area (TPSA) is 29.5 Å². The third kappa shape index (κ3) is 2.71. The molecule has 0 spiro atoms. The molecule has 1 saturated heterocycles. The third-order valence-corrected chi connectivity index (χ3v) is 4.82. The van der Waals surface area contributed by atoms with Crippen molar-refractivity contribution in [3.05, 3.63) is 71.8 Å². The van der Waals surface area contributed by atoms with Crippen molar-refractivity contribution in [2.75, 3.05) is 11.4 Å². The standard InChI is InChI=1S/C21H21NO2/c23-21-19(16-10-4-1-5-11-16)18-14-8-3-9-15-22(20(18)24-21)17-12-6-2-7-13-17/h1-2,4-7,10-13,20H,3,8-9,14-15H2/t20-/m1/s1. The summed E-state index contributed by atoms with van der Waals surface area (Å²) in [6.07, 6.45) is 4.06. The molecule has 0 unspecified atom stereocenters. The second-order valence-electron chi connectivity index (χ2n) is 6.36. The van der Waals surface area contributed by atoms with Gasteiger partial charge >= 0.3 is 5.97 Å². The first kappa shape index (κ1) is 15.0. The number of esters is 1. The van der Waals surface area contributed by atoms with E-state index in [4.69, 9.17) is 4.74 Å². The summed E-state index contributed by atoms with van der Waals surface area (Å²) in [7, 11) is 0. The number of anilines is 1. The minimum atomic E-state index is -0.268. The van der Waals surface area contributed by atoms with Crippen LogP contribution in [0.25, 0.3) is 5.57 Å². The zero-order chi connectivity index (χ0) is 16.4. The highest BCUT2D eigenvalue weighted by Crippen LogP contribution is 2.38. The maximum absolute atomic E-state index is 12.6. The predicted octanol–water partition coefficient (Wildman–Crippen LogP) is 4.40. The Balaban J connectivity index is 1.79. The van der Waals surface area contributed by atoms with Gasteiger partial charge in [0.2, 0.25) is 0 Å². The van der Waals surface area contributed by atoms with Crippen LogP contribution in [0.3, 0.4) is 0 Å². The van der Waals surface area contributed by atoms with Crippen LogP contribution >= 0.6 is 0 Å². The van der Waals surface area contributed by atoms with Gasteiger partial charge < -0.3 is 9.64 Å². The third-order valence-electron chi connectivity index (χ3n) is 4.82. The highest BCUT2D eigenvalue weighted by Gasteiger charge is 2.38. The summed E-state index contributed by atoms with van der Waals surface area (Å²) >= 11 is 0. The zero-order valence-electron chi connectivity index (χ0n) is 13.7. The molecule has 0 bridgehead atoms. The van der Waals surface area contributed by atoms with E-state index in [0.29, 0.717) is 0 Å². The van der Waals surface area contributed by atoms with Gasteiger partial charge in [-0.25, -0.2) is 4.79 Å². The van der Waals surface area contributed by atoms with Crippen LogP contribution in [0.5, 0.6) is 0 Å². The van der Waals surface area contributed by atoms with Gasteiger partial charge in [-0.2, -0.15) is 0 Å². The molecule has 0 radical (unpaired) electrons. The van der Waals surface area contributed by atoms with Crippen molar-refractivity contribution in [3.63, 3.8) is 0 Å². The molecule has 1 atom stereocenters. The number of rotatable bonds is 2. The van der Waals surface area contributed by atoms with Gasteiger partial charge in [0.05, 0.1) is 5.57 Å². The maximum atomic E-state index is 12.6. The van der Waals surface area contributed by atoms with Gasteiger partial charge in [0.25, 0.3) is 0 Å². The Labute approximate surface area is 142 Å². The van der Waals surface area contributed by atoms with Gasteiger partial charge in [0.15, 0.2) is 6.23 Å². The first-order chi connectivity index (χ1) is 11.8. The van der Waals surface area contributed by atoms with E-state index >= 15 is 0 Å². The van der Waals surface area contributed by atoms with E-state index in [2.05, 4.69) is 17.0 Å². The van der Waals surface area contributed by atoms with Crippen LogP contribution in [0.1, 0.15) is 31.2 Å². The summed E-state index contributed by atoms with van der Waals surface area (Å²) in [5.74, 6) is -0.191. The van der Waals surface area contributed by atoms with Gasteiger partial charge in [-0.05, 0) is 37.0 Å². The number of carbonyl (C=O) groups is 1. The highest BCUT2D eigenvalue weighted by molar-refractivity contribution is 6.19. The van der Waals surface area contributed by atoms with Gasteiger partial charge in [0, 0.05) is 17.8 Å². The Bertz CT molecular complexity index is 752. The van der Waals surface area contributed by atoms with Crippen LogP contribution in [0.15, 0.2) is 66.2 Å². The lowest BCUT2D eigenvalue weighted by atomic mass is 9.94. The van der Waals surface area contributed by atoms with Crippen molar-refractivity contribution in [3.8, 4) is 0 Å². The molecule has 2 heterocycles. The molecule has 24 heavy (non-hydrogen) atoms. The molecule has 122 valence electrons. The molecule has 0 saturated carbocycles. The molecule has 3 heteroatoms. The lowest BCUT2D eigenvalue weighted by Gasteiger charge is -2.33. The minimum Gasteiger partial charge on any atom is -0.434 e. The number of hydrogen-bond donors (Lipinski definition) is 0. The lowest BCUT2D eigenvalue weighted by molar-refractivity contribution is -0.138. The molecule has 0 aromatic heterocycles. The molecular formula is C21H21NO2. The zero-order valence-corrected chi connectivity index (χ0v) is 13.7. The molecule has 2 aromatic rings. The first-order valence-electron chi connectivity index (χ1n) is 8.66. The number of fused-ring (bicyclic) bond motifs is 1. The Morgan fingerprint density at radius 1 is 0.875 bits per heavy atom. The molecular weight excluding hydrogens is 298 g/mol. The Morgan fingerprint density at radius 3 is 2.33 bits per heavy atom. The van der Waals surface area contributed by atoms with Crippen molar-refractivity contribution in [1.82, 2.24) is 0 Å². The Hall–Kier alpha value is -2.55. The summed E-state index contributed by atoms with van der Waals surface area (Å²) < 4.78 is 5.85. The number of carbonyl (C=O) groups excluding carboxylic acids is 1.